The fourth-order valence-electron chi connectivity index (χ4n) is 1.68. The number of carbonyl (C=O) groups is 2. The van der Waals surface area contributed by atoms with Gasteiger partial charge in [0, 0.05) is 11.9 Å². The van der Waals surface area contributed by atoms with Crippen molar-refractivity contribution in [3.05, 3.63) is 33.8 Å². The summed E-state index contributed by atoms with van der Waals surface area (Å²) in [5.41, 5.74) is 0.245. The summed E-state index contributed by atoms with van der Waals surface area (Å²) < 4.78 is 1.30. The Morgan fingerprint density at radius 1 is 1.50 bits per heavy atom. The first-order valence-corrected chi connectivity index (χ1v) is 6.76. The van der Waals surface area contributed by atoms with Crippen molar-refractivity contribution in [2.24, 2.45) is 0 Å². The van der Waals surface area contributed by atoms with Gasteiger partial charge in [-0.3, -0.25) is 4.79 Å². The summed E-state index contributed by atoms with van der Waals surface area (Å²) in [5.74, 6) is -1.29. The average molecular weight is 294 g/mol. The van der Waals surface area contributed by atoms with E-state index >= 15 is 0 Å². The third-order valence-electron chi connectivity index (χ3n) is 2.87. The van der Waals surface area contributed by atoms with Gasteiger partial charge in [0.05, 0.1) is 12.2 Å². The van der Waals surface area contributed by atoms with Crippen LogP contribution < -0.4 is 0 Å². The van der Waals surface area contributed by atoms with E-state index < -0.39 is 5.97 Å². The molecule has 0 aromatic carbocycles. The lowest BCUT2D eigenvalue weighted by molar-refractivity contribution is -0.131. The maximum Gasteiger partial charge on any atom is 0.358 e. The maximum absolute atomic E-state index is 12.1. The molecule has 0 saturated heterocycles. The molecule has 0 aliphatic carbocycles. The second kappa shape index (κ2) is 5.83. The van der Waals surface area contributed by atoms with Crippen molar-refractivity contribution >= 4 is 23.2 Å². The zero-order valence-corrected chi connectivity index (χ0v) is 11.9. The molecule has 1 amide bonds. The van der Waals surface area contributed by atoms with Gasteiger partial charge in [-0.15, -0.1) is 16.4 Å². The predicted molar refractivity (Wildman–Crippen MR) is 72.5 cm³/mol. The Morgan fingerprint density at radius 2 is 2.25 bits per heavy atom. The SMILES string of the molecule is Cc1c(C(=O)O)nnn1CC(=O)N(C)Cc1cccs1. The van der Waals surface area contributed by atoms with E-state index in [0.29, 0.717) is 12.2 Å². The Morgan fingerprint density at radius 3 is 2.80 bits per heavy atom. The number of hydrogen-bond acceptors (Lipinski definition) is 5. The number of aromatic carboxylic acids is 1. The molecule has 0 atom stereocenters. The number of rotatable bonds is 5. The fraction of sp³-hybridized carbons (Fsp3) is 0.333. The zero-order valence-electron chi connectivity index (χ0n) is 11.1. The zero-order chi connectivity index (χ0) is 14.7. The van der Waals surface area contributed by atoms with E-state index in [1.54, 1.807) is 30.2 Å². The normalized spacial score (nSPS) is 10.5. The molecule has 2 heterocycles. The summed E-state index contributed by atoms with van der Waals surface area (Å²) in [7, 11) is 1.70. The molecule has 2 aromatic rings. The van der Waals surface area contributed by atoms with Crippen molar-refractivity contribution in [2.45, 2.75) is 20.0 Å². The van der Waals surface area contributed by atoms with Crippen LogP contribution in [0.4, 0.5) is 0 Å². The van der Waals surface area contributed by atoms with Crippen LogP contribution in [0.2, 0.25) is 0 Å². The number of nitrogens with zero attached hydrogens (tertiary/aromatic N) is 4. The van der Waals surface area contributed by atoms with Crippen molar-refractivity contribution in [3.63, 3.8) is 0 Å². The highest BCUT2D eigenvalue weighted by Crippen LogP contribution is 2.11. The van der Waals surface area contributed by atoms with Crippen LogP contribution >= 0.6 is 11.3 Å². The first-order chi connectivity index (χ1) is 9.49. The molecule has 7 nitrogen and oxygen atoms in total. The number of likely N-dealkylation sites (N-methyl/N-ethyl adjacent to an activating group) is 1. The van der Waals surface area contributed by atoms with Gasteiger partial charge in [0.25, 0.3) is 0 Å². The van der Waals surface area contributed by atoms with E-state index in [1.165, 1.54) is 4.68 Å². The summed E-state index contributed by atoms with van der Waals surface area (Å²) in [6, 6.07) is 3.89. The predicted octanol–water partition coefficient (Wildman–Crippen LogP) is 1.00. The summed E-state index contributed by atoms with van der Waals surface area (Å²) >= 11 is 1.58. The monoisotopic (exact) mass is 294 g/mol. The van der Waals surface area contributed by atoms with Gasteiger partial charge < -0.3 is 10.0 Å². The van der Waals surface area contributed by atoms with Gasteiger partial charge in [-0.1, -0.05) is 11.3 Å². The van der Waals surface area contributed by atoms with Crippen molar-refractivity contribution < 1.29 is 14.7 Å². The van der Waals surface area contributed by atoms with Gasteiger partial charge in [0.1, 0.15) is 6.54 Å². The number of hydrogen-bond donors (Lipinski definition) is 1. The topological polar surface area (TPSA) is 88.3 Å². The summed E-state index contributed by atoms with van der Waals surface area (Å²) in [5, 5.41) is 18.1. The van der Waals surface area contributed by atoms with Crippen LogP contribution in [-0.4, -0.2) is 43.9 Å². The van der Waals surface area contributed by atoms with Gasteiger partial charge in [-0.25, -0.2) is 9.48 Å². The minimum absolute atomic E-state index is 0.0199. The Hall–Kier alpha value is -2.22. The Kier molecular flexibility index (Phi) is 4.14. The number of carboxylic acids is 1. The quantitative estimate of drug-likeness (QED) is 0.889. The van der Waals surface area contributed by atoms with Crippen LogP contribution in [-0.2, 0) is 17.9 Å². The second-order valence-corrected chi connectivity index (χ2v) is 5.35. The van der Waals surface area contributed by atoms with E-state index in [-0.39, 0.29) is 18.1 Å². The van der Waals surface area contributed by atoms with E-state index in [9.17, 15) is 9.59 Å². The van der Waals surface area contributed by atoms with E-state index in [0.717, 1.165) is 4.88 Å². The minimum Gasteiger partial charge on any atom is -0.476 e. The molecular formula is C12H14N4O3S. The van der Waals surface area contributed by atoms with Crippen LogP contribution in [0.1, 0.15) is 21.1 Å². The Bertz CT molecular complexity index is 621. The molecule has 1 N–H and O–H groups in total. The molecular weight excluding hydrogens is 280 g/mol. The molecule has 0 spiro atoms. The number of amides is 1. The van der Waals surface area contributed by atoms with E-state index in [1.807, 2.05) is 17.5 Å². The van der Waals surface area contributed by atoms with Crippen molar-refractivity contribution in [1.29, 1.82) is 0 Å². The molecule has 20 heavy (non-hydrogen) atoms. The molecule has 8 heteroatoms. The van der Waals surface area contributed by atoms with Crippen LogP contribution in [0.3, 0.4) is 0 Å². The standard InChI is InChI=1S/C12H14N4O3S/c1-8-11(12(18)19)13-14-16(8)7-10(17)15(2)6-9-4-3-5-20-9/h3-5H,6-7H2,1-2H3,(H,18,19). The maximum atomic E-state index is 12.1. The lowest BCUT2D eigenvalue weighted by Crippen LogP contribution is -2.30. The number of carbonyl (C=O) groups excluding carboxylic acids is 1. The molecule has 0 fully saturated rings. The van der Waals surface area contributed by atoms with Gasteiger partial charge in [0.15, 0.2) is 5.69 Å². The van der Waals surface area contributed by atoms with Crippen LogP contribution in [0.15, 0.2) is 17.5 Å². The Balaban J connectivity index is 2.02. The molecule has 0 radical (unpaired) electrons. The highest BCUT2D eigenvalue weighted by atomic mass is 32.1. The summed E-state index contributed by atoms with van der Waals surface area (Å²) in [6.07, 6.45) is 0. The first kappa shape index (κ1) is 14.2. The van der Waals surface area contributed by atoms with E-state index in [4.69, 9.17) is 5.11 Å². The molecule has 2 rings (SSSR count). The molecule has 106 valence electrons. The number of aromatic nitrogens is 3. The third kappa shape index (κ3) is 3.02. The fourth-order valence-corrected chi connectivity index (χ4v) is 2.44. The first-order valence-electron chi connectivity index (χ1n) is 5.88. The number of thiophene rings is 1. The van der Waals surface area contributed by atoms with Crippen molar-refractivity contribution in [3.8, 4) is 0 Å². The van der Waals surface area contributed by atoms with E-state index in [2.05, 4.69) is 10.3 Å². The van der Waals surface area contributed by atoms with Gasteiger partial charge >= 0.3 is 5.97 Å². The second-order valence-electron chi connectivity index (χ2n) is 4.32. The van der Waals surface area contributed by atoms with Crippen LogP contribution in [0, 0.1) is 6.92 Å². The summed E-state index contributed by atoms with van der Waals surface area (Å²) in [6.45, 7) is 2.08. The van der Waals surface area contributed by atoms with Gasteiger partial charge in [-0.2, -0.15) is 0 Å². The smallest absolute Gasteiger partial charge is 0.358 e. The highest BCUT2D eigenvalue weighted by Gasteiger charge is 2.18. The molecule has 0 saturated carbocycles. The van der Waals surface area contributed by atoms with Crippen LogP contribution in [0.5, 0.6) is 0 Å². The summed E-state index contributed by atoms with van der Waals surface area (Å²) in [4.78, 5) is 25.6. The lowest BCUT2D eigenvalue weighted by Gasteiger charge is -2.16. The third-order valence-corrected chi connectivity index (χ3v) is 3.73. The lowest BCUT2D eigenvalue weighted by atomic mass is 10.3. The Labute approximate surface area is 119 Å². The average Bonchev–Trinajstić information content (AvgIpc) is 3.00. The molecule has 0 aliphatic heterocycles. The van der Waals surface area contributed by atoms with Crippen molar-refractivity contribution in [2.75, 3.05) is 7.05 Å². The van der Waals surface area contributed by atoms with Gasteiger partial charge in [-0.05, 0) is 18.4 Å². The van der Waals surface area contributed by atoms with Crippen molar-refractivity contribution in [1.82, 2.24) is 19.9 Å². The van der Waals surface area contributed by atoms with Gasteiger partial charge in [0.2, 0.25) is 5.91 Å². The highest BCUT2D eigenvalue weighted by molar-refractivity contribution is 7.09. The minimum atomic E-state index is -1.15. The molecule has 0 bridgehead atoms. The molecule has 0 aliphatic rings. The molecule has 2 aromatic heterocycles. The number of carboxylic acid groups (broad SMARTS) is 1. The largest absolute Gasteiger partial charge is 0.476 e. The molecule has 0 unspecified atom stereocenters. The van der Waals surface area contributed by atoms with Crippen LogP contribution in [0.25, 0.3) is 0 Å².